The third kappa shape index (κ3) is 4.64. The van der Waals surface area contributed by atoms with E-state index in [0.717, 1.165) is 19.3 Å². The van der Waals surface area contributed by atoms with Crippen LogP contribution in [0.3, 0.4) is 0 Å². The van der Waals surface area contributed by atoms with Crippen molar-refractivity contribution >= 4 is 27.5 Å². The molecular formula is C49H46. The molecule has 0 aliphatic heterocycles. The first-order valence-electron chi connectivity index (χ1n) is 18.4. The first kappa shape index (κ1) is 30.4. The predicted molar refractivity (Wildman–Crippen MR) is 211 cm³/mol. The highest BCUT2D eigenvalue weighted by Gasteiger charge is 2.39. The van der Waals surface area contributed by atoms with Crippen LogP contribution in [0.15, 0.2) is 126 Å². The Morgan fingerprint density at radius 1 is 0.571 bits per heavy atom. The minimum Gasteiger partial charge on any atom is -0.0699 e. The second kappa shape index (κ2) is 10.9. The highest BCUT2D eigenvalue weighted by molar-refractivity contribution is 5.93. The standard InChI is InChI=1S/C49H46/c1-7-31-24-32(13-12-30(31)2)33-14-15-35-26-36(17-16-34(35)25-33)37-18-22-42-43-23-20-39(29-47(43)49(5,6)46(42)27-37)38-19-21-41-40-10-8-9-11-44(40)48(3,4)45(41)28-38/h8-17,19-21,23,25-29,31H,7,18,22,24H2,1-6H3. The van der Waals surface area contributed by atoms with Crippen molar-refractivity contribution in [2.75, 3.05) is 0 Å². The lowest BCUT2D eigenvalue weighted by Gasteiger charge is -2.26. The molecule has 49 heavy (non-hydrogen) atoms. The van der Waals surface area contributed by atoms with Crippen LogP contribution >= 0.6 is 0 Å². The molecule has 0 amide bonds. The maximum absolute atomic E-state index is 2.54. The molecular weight excluding hydrogens is 589 g/mol. The molecule has 0 nitrogen and oxygen atoms in total. The summed E-state index contributed by atoms with van der Waals surface area (Å²) in [7, 11) is 0. The molecule has 0 bridgehead atoms. The van der Waals surface area contributed by atoms with Crippen molar-refractivity contribution in [1.82, 2.24) is 0 Å². The van der Waals surface area contributed by atoms with Crippen molar-refractivity contribution in [1.29, 1.82) is 0 Å². The van der Waals surface area contributed by atoms with Crippen LogP contribution in [0.4, 0.5) is 0 Å². The molecule has 0 saturated heterocycles. The predicted octanol–water partition coefficient (Wildman–Crippen LogP) is 13.5. The monoisotopic (exact) mass is 634 g/mol. The number of hydrogen-bond acceptors (Lipinski definition) is 0. The first-order chi connectivity index (χ1) is 23.6. The fourth-order valence-corrected chi connectivity index (χ4v) is 9.51. The molecule has 1 atom stereocenters. The lowest BCUT2D eigenvalue weighted by molar-refractivity contribution is 0.603. The topological polar surface area (TPSA) is 0 Å². The zero-order chi connectivity index (χ0) is 33.7. The van der Waals surface area contributed by atoms with Gasteiger partial charge in [-0.15, -0.1) is 0 Å². The van der Waals surface area contributed by atoms with Gasteiger partial charge in [-0.3, -0.25) is 0 Å². The average molecular weight is 635 g/mol. The van der Waals surface area contributed by atoms with E-state index in [0.29, 0.717) is 5.92 Å². The highest BCUT2D eigenvalue weighted by Crippen LogP contribution is 2.54. The van der Waals surface area contributed by atoms with E-state index >= 15 is 0 Å². The van der Waals surface area contributed by atoms with E-state index in [9.17, 15) is 0 Å². The first-order valence-corrected chi connectivity index (χ1v) is 18.4. The largest absolute Gasteiger partial charge is 0.0699 e. The third-order valence-electron chi connectivity index (χ3n) is 12.6. The Kier molecular flexibility index (Phi) is 6.77. The van der Waals surface area contributed by atoms with Crippen LogP contribution in [-0.4, -0.2) is 0 Å². The van der Waals surface area contributed by atoms with Gasteiger partial charge in [-0.25, -0.2) is 0 Å². The van der Waals surface area contributed by atoms with Gasteiger partial charge < -0.3 is 0 Å². The number of allylic oxidation sites excluding steroid dienone is 8. The smallest absolute Gasteiger partial charge is 0.0159 e. The molecule has 0 heterocycles. The van der Waals surface area contributed by atoms with Crippen molar-refractivity contribution in [3.8, 4) is 22.3 Å². The molecule has 0 heteroatoms. The van der Waals surface area contributed by atoms with E-state index in [4.69, 9.17) is 0 Å². The van der Waals surface area contributed by atoms with E-state index in [-0.39, 0.29) is 10.8 Å². The van der Waals surface area contributed by atoms with Gasteiger partial charge in [0.25, 0.3) is 0 Å². The summed E-state index contributed by atoms with van der Waals surface area (Å²) in [5.74, 6) is 0.665. The molecule has 5 aromatic rings. The van der Waals surface area contributed by atoms with Gasteiger partial charge in [0.15, 0.2) is 0 Å². The molecule has 0 radical (unpaired) electrons. The van der Waals surface area contributed by atoms with Crippen LogP contribution in [0.1, 0.15) is 101 Å². The average Bonchev–Trinajstić information content (AvgIpc) is 3.50. The zero-order valence-corrected chi connectivity index (χ0v) is 29.9. The van der Waals surface area contributed by atoms with Crippen molar-refractivity contribution in [2.24, 2.45) is 5.92 Å². The van der Waals surface area contributed by atoms with Gasteiger partial charge in [0.05, 0.1) is 0 Å². The lowest BCUT2D eigenvalue weighted by atomic mass is 9.77. The van der Waals surface area contributed by atoms with Gasteiger partial charge in [-0.05, 0) is 151 Å². The summed E-state index contributed by atoms with van der Waals surface area (Å²) in [6.07, 6.45) is 11.7. The van der Waals surface area contributed by atoms with Crippen LogP contribution < -0.4 is 0 Å². The fourth-order valence-electron chi connectivity index (χ4n) is 9.51. The highest BCUT2D eigenvalue weighted by atomic mass is 14.4. The number of benzene rings is 5. The summed E-state index contributed by atoms with van der Waals surface area (Å²) in [6, 6.07) is 37.5. The fraction of sp³-hybridized carbons (Fsp3) is 0.265. The van der Waals surface area contributed by atoms with E-state index in [1.165, 1.54) is 95.1 Å². The van der Waals surface area contributed by atoms with Crippen molar-refractivity contribution in [2.45, 2.75) is 78.1 Å². The van der Waals surface area contributed by atoms with Crippen LogP contribution in [0.25, 0.3) is 49.7 Å². The van der Waals surface area contributed by atoms with Gasteiger partial charge >= 0.3 is 0 Å². The van der Waals surface area contributed by atoms with Crippen molar-refractivity contribution < 1.29 is 0 Å². The minimum atomic E-state index is -0.0405. The van der Waals surface area contributed by atoms with E-state index in [2.05, 4.69) is 157 Å². The molecule has 242 valence electrons. The van der Waals surface area contributed by atoms with E-state index < -0.39 is 0 Å². The zero-order valence-electron chi connectivity index (χ0n) is 29.9. The van der Waals surface area contributed by atoms with Crippen molar-refractivity contribution in [3.05, 3.63) is 160 Å². The number of rotatable bonds is 4. The molecule has 9 rings (SSSR count). The normalized spacial score (nSPS) is 19.9. The summed E-state index contributed by atoms with van der Waals surface area (Å²) in [4.78, 5) is 0. The summed E-state index contributed by atoms with van der Waals surface area (Å²) in [5.41, 5.74) is 21.4. The Labute approximate surface area is 292 Å². The molecule has 0 spiro atoms. The summed E-state index contributed by atoms with van der Waals surface area (Å²) < 4.78 is 0. The van der Waals surface area contributed by atoms with Crippen LogP contribution in [0, 0.1) is 5.92 Å². The van der Waals surface area contributed by atoms with Gasteiger partial charge in [-0.2, -0.15) is 0 Å². The molecule has 5 aromatic carbocycles. The second-order valence-corrected chi connectivity index (χ2v) is 16.1. The molecule has 1 unspecified atom stereocenters. The second-order valence-electron chi connectivity index (χ2n) is 16.1. The Bertz CT molecular complexity index is 2340. The maximum Gasteiger partial charge on any atom is 0.0159 e. The van der Waals surface area contributed by atoms with Crippen molar-refractivity contribution in [3.63, 3.8) is 0 Å². The van der Waals surface area contributed by atoms with Gasteiger partial charge in [0.2, 0.25) is 0 Å². The Balaban J connectivity index is 1.02. The SMILES string of the molecule is CCC1CC(c2ccc3cc(C4=CC5=C(CC4)c4ccc(-c6ccc7c(c6)C(C)(C)c6ccccc6-7)cc4C5(C)C)ccc3c2)=CC=C1C. The number of fused-ring (bicyclic) bond motifs is 6. The van der Waals surface area contributed by atoms with Crippen LogP contribution in [0.2, 0.25) is 0 Å². The molecule has 0 N–H and O–H groups in total. The van der Waals surface area contributed by atoms with E-state index in [1.807, 2.05) is 0 Å². The quantitative estimate of drug-likeness (QED) is 0.184. The van der Waals surface area contributed by atoms with E-state index in [1.54, 1.807) is 5.57 Å². The van der Waals surface area contributed by atoms with Crippen LogP contribution in [0.5, 0.6) is 0 Å². The summed E-state index contributed by atoms with van der Waals surface area (Å²) >= 11 is 0. The summed E-state index contributed by atoms with van der Waals surface area (Å²) in [6.45, 7) is 14.2. The molecule has 4 aliphatic rings. The third-order valence-corrected chi connectivity index (χ3v) is 12.6. The maximum atomic E-state index is 2.54. The van der Waals surface area contributed by atoms with Gasteiger partial charge in [-0.1, -0.05) is 131 Å². The molecule has 4 aliphatic carbocycles. The minimum absolute atomic E-state index is 0.00681. The Morgan fingerprint density at radius 3 is 1.90 bits per heavy atom. The molecule has 0 aromatic heterocycles. The van der Waals surface area contributed by atoms with Gasteiger partial charge in [0.1, 0.15) is 0 Å². The molecule has 0 saturated carbocycles. The van der Waals surface area contributed by atoms with Crippen LogP contribution in [-0.2, 0) is 10.8 Å². The lowest BCUT2D eigenvalue weighted by Crippen LogP contribution is -2.17. The van der Waals surface area contributed by atoms with Gasteiger partial charge in [0, 0.05) is 10.8 Å². The Morgan fingerprint density at radius 2 is 1.18 bits per heavy atom. The number of hydrogen-bond donors (Lipinski definition) is 0. The Hall–Kier alpha value is -4.68. The molecule has 0 fully saturated rings. The summed E-state index contributed by atoms with van der Waals surface area (Å²) in [5, 5.41) is 2.66.